The van der Waals surface area contributed by atoms with Crippen LogP contribution in [-0.2, 0) is 15.0 Å². The summed E-state index contributed by atoms with van der Waals surface area (Å²) < 4.78 is 5.97. The van der Waals surface area contributed by atoms with E-state index >= 15 is 0 Å². The van der Waals surface area contributed by atoms with Crippen LogP contribution >= 0.6 is 0 Å². The first kappa shape index (κ1) is 23.0. The van der Waals surface area contributed by atoms with Gasteiger partial charge in [-0.2, -0.15) is 0 Å². The van der Waals surface area contributed by atoms with Crippen LogP contribution in [0.25, 0.3) is 0 Å². The minimum Gasteiger partial charge on any atom is -0.493 e. The number of nitrogens with zero attached hydrogens (tertiary/aromatic N) is 1. The second kappa shape index (κ2) is 10.9. The number of carboxylic acids is 2. The number of hydrogen-bond donors (Lipinski definition) is 2. The third kappa shape index (κ3) is 8.91. The van der Waals surface area contributed by atoms with Gasteiger partial charge in [0.05, 0.1) is 6.61 Å². The smallest absolute Gasteiger partial charge is 0.414 e. The number of piperidine rings is 1. The zero-order valence-electron chi connectivity index (χ0n) is 17.0. The molecule has 0 unspecified atom stereocenters. The van der Waals surface area contributed by atoms with Crippen molar-refractivity contribution in [3.63, 3.8) is 0 Å². The Morgan fingerprint density at radius 2 is 1.67 bits per heavy atom. The zero-order chi connectivity index (χ0) is 20.4. The molecule has 0 atom stereocenters. The van der Waals surface area contributed by atoms with Crippen LogP contribution < -0.4 is 4.74 Å². The summed E-state index contributed by atoms with van der Waals surface area (Å²) in [7, 11) is 0. The highest BCUT2D eigenvalue weighted by molar-refractivity contribution is 6.27. The third-order valence-electron chi connectivity index (χ3n) is 4.55. The van der Waals surface area contributed by atoms with Crippen molar-refractivity contribution in [3.8, 4) is 5.75 Å². The Bertz CT molecular complexity index is 603. The number of aryl methyl sites for hydroxylation is 1. The lowest BCUT2D eigenvalue weighted by Gasteiger charge is -2.26. The average Bonchev–Trinajstić information content (AvgIpc) is 2.60. The fourth-order valence-electron chi connectivity index (χ4n) is 2.93. The highest BCUT2D eigenvalue weighted by Crippen LogP contribution is 2.27. The van der Waals surface area contributed by atoms with Gasteiger partial charge < -0.3 is 19.8 Å². The van der Waals surface area contributed by atoms with Crippen LogP contribution in [0.2, 0.25) is 0 Å². The maximum absolute atomic E-state index is 9.10. The van der Waals surface area contributed by atoms with Gasteiger partial charge in [0.15, 0.2) is 0 Å². The molecule has 1 fully saturated rings. The minimum atomic E-state index is -1.82. The van der Waals surface area contributed by atoms with Gasteiger partial charge in [0.2, 0.25) is 0 Å². The summed E-state index contributed by atoms with van der Waals surface area (Å²) in [6.45, 7) is 13.5. The molecule has 0 spiro atoms. The van der Waals surface area contributed by atoms with Crippen molar-refractivity contribution in [1.82, 2.24) is 4.90 Å². The Morgan fingerprint density at radius 3 is 2.15 bits per heavy atom. The molecule has 6 nitrogen and oxygen atoms in total. The van der Waals surface area contributed by atoms with E-state index < -0.39 is 11.9 Å². The van der Waals surface area contributed by atoms with Crippen LogP contribution in [0.4, 0.5) is 0 Å². The number of aliphatic carboxylic acids is 2. The number of carboxylic acid groups (broad SMARTS) is 2. The van der Waals surface area contributed by atoms with E-state index in [1.807, 2.05) is 0 Å². The van der Waals surface area contributed by atoms with E-state index in [0.717, 1.165) is 18.8 Å². The van der Waals surface area contributed by atoms with E-state index in [0.29, 0.717) is 0 Å². The molecule has 1 aliphatic heterocycles. The van der Waals surface area contributed by atoms with Crippen molar-refractivity contribution in [2.45, 2.75) is 58.8 Å². The second-order valence-electron chi connectivity index (χ2n) is 7.94. The number of likely N-dealkylation sites (tertiary alicyclic amines) is 1. The molecule has 0 saturated carbocycles. The highest BCUT2D eigenvalue weighted by atomic mass is 16.5. The molecule has 0 radical (unpaired) electrons. The van der Waals surface area contributed by atoms with Crippen molar-refractivity contribution in [3.05, 3.63) is 29.3 Å². The van der Waals surface area contributed by atoms with E-state index in [2.05, 4.69) is 50.8 Å². The topological polar surface area (TPSA) is 87.1 Å². The normalized spacial score (nSPS) is 14.8. The molecule has 2 rings (SSSR count). The van der Waals surface area contributed by atoms with Crippen LogP contribution in [-0.4, -0.2) is 53.3 Å². The molecular weight excluding hydrogens is 346 g/mol. The lowest BCUT2D eigenvalue weighted by atomic mass is 9.86. The fourth-order valence-corrected chi connectivity index (χ4v) is 2.93. The summed E-state index contributed by atoms with van der Waals surface area (Å²) in [5.74, 6) is -2.60. The van der Waals surface area contributed by atoms with Crippen LogP contribution in [0.5, 0.6) is 5.75 Å². The first-order chi connectivity index (χ1) is 12.6. The first-order valence-corrected chi connectivity index (χ1v) is 9.53. The summed E-state index contributed by atoms with van der Waals surface area (Å²) in [6, 6.07) is 6.60. The molecule has 1 aromatic rings. The Labute approximate surface area is 162 Å². The maximum Gasteiger partial charge on any atom is 0.414 e. The van der Waals surface area contributed by atoms with Gasteiger partial charge in [-0.15, -0.1) is 0 Å². The zero-order valence-corrected chi connectivity index (χ0v) is 17.0. The van der Waals surface area contributed by atoms with E-state index in [-0.39, 0.29) is 5.41 Å². The number of carbonyl (C=O) groups is 2. The predicted octanol–water partition coefficient (Wildman–Crippen LogP) is 3.70. The number of benzene rings is 1. The van der Waals surface area contributed by atoms with Crippen molar-refractivity contribution >= 4 is 11.9 Å². The summed E-state index contributed by atoms with van der Waals surface area (Å²) >= 11 is 0. The molecule has 0 amide bonds. The standard InChI is InChI=1S/C19H31NO.C2H2O4/c1-16-15-17(19(2,3)4)9-10-18(16)21-14-8-13-20-11-6-5-7-12-20;3-1(4)2(5)6/h9-10,15H,5-8,11-14H2,1-4H3;(H,3,4)(H,5,6). The molecule has 1 heterocycles. The molecule has 0 bridgehead atoms. The molecular formula is C21H33NO5. The number of hydrogen-bond acceptors (Lipinski definition) is 4. The van der Waals surface area contributed by atoms with Crippen LogP contribution in [0, 0.1) is 6.92 Å². The Balaban J connectivity index is 0.000000527. The number of ether oxygens (including phenoxy) is 1. The van der Waals surface area contributed by atoms with Crippen LogP contribution in [0.3, 0.4) is 0 Å². The van der Waals surface area contributed by atoms with Gasteiger partial charge in [-0.05, 0) is 61.9 Å². The largest absolute Gasteiger partial charge is 0.493 e. The SMILES string of the molecule is Cc1cc(C(C)(C)C)ccc1OCCCN1CCCCC1.O=C(O)C(=O)O. The summed E-state index contributed by atoms with van der Waals surface area (Å²) in [4.78, 5) is 20.8. The van der Waals surface area contributed by atoms with Crippen molar-refractivity contribution < 1.29 is 24.5 Å². The molecule has 27 heavy (non-hydrogen) atoms. The minimum absolute atomic E-state index is 0.206. The summed E-state index contributed by atoms with van der Waals surface area (Å²) in [5, 5.41) is 14.8. The van der Waals surface area contributed by atoms with Gasteiger partial charge in [-0.25, -0.2) is 9.59 Å². The van der Waals surface area contributed by atoms with Gasteiger partial charge in [-0.3, -0.25) is 0 Å². The first-order valence-electron chi connectivity index (χ1n) is 9.53. The quantitative estimate of drug-likeness (QED) is 0.599. The van der Waals surface area contributed by atoms with Crippen molar-refractivity contribution in [2.75, 3.05) is 26.2 Å². The van der Waals surface area contributed by atoms with Gasteiger partial charge in [-0.1, -0.05) is 39.3 Å². The molecule has 1 aromatic carbocycles. The van der Waals surface area contributed by atoms with Crippen LogP contribution in [0.1, 0.15) is 57.6 Å². The number of rotatable bonds is 5. The van der Waals surface area contributed by atoms with Gasteiger partial charge in [0.1, 0.15) is 5.75 Å². The summed E-state index contributed by atoms with van der Waals surface area (Å²) in [6.07, 6.45) is 5.27. The Morgan fingerprint density at radius 1 is 1.07 bits per heavy atom. The fraction of sp³-hybridized carbons (Fsp3) is 0.619. The predicted molar refractivity (Wildman–Crippen MR) is 106 cm³/mol. The molecule has 1 saturated heterocycles. The second-order valence-corrected chi connectivity index (χ2v) is 7.94. The molecule has 152 valence electrons. The van der Waals surface area contributed by atoms with Crippen molar-refractivity contribution in [1.29, 1.82) is 0 Å². The molecule has 0 aliphatic carbocycles. The van der Waals surface area contributed by atoms with Crippen molar-refractivity contribution in [2.24, 2.45) is 0 Å². The maximum atomic E-state index is 9.10. The lowest BCUT2D eigenvalue weighted by molar-refractivity contribution is -0.159. The van der Waals surface area contributed by atoms with Gasteiger partial charge in [0, 0.05) is 6.54 Å². The molecule has 2 N–H and O–H groups in total. The monoisotopic (exact) mass is 379 g/mol. The molecule has 1 aliphatic rings. The van der Waals surface area contributed by atoms with E-state index in [1.165, 1.54) is 50.0 Å². The van der Waals surface area contributed by atoms with E-state index in [1.54, 1.807) is 0 Å². The van der Waals surface area contributed by atoms with E-state index in [9.17, 15) is 0 Å². The third-order valence-corrected chi connectivity index (χ3v) is 4.55. The van der Waals surface area contributed by atoms with Gasteiger partial charge >= 0.3 is 11.9 Å². The van der Waals surface area contributed by atoms with Gasteiger partial charge in [0.25, 0.3) is 0 Å². The van der Waals surface area contributed by atoms with Crippen LogP contribution in [0.15, 0.2) is 18.2 Å². The Hall–Kier alpha value is -2.08. The lowest BCUT2D eigenvalue weighted by Crippen LogP contribution is -2.31. The Kier molecular flexibility index (Phi) is 9.29. The summed E-state index contributed by atoms with van der Waals surface area (Å²) in [5.41, 5.74) is 2.83. The van der Waals surface area contributed by atoms with E-state index in [4.69, 9.17) is 24.5 Å². The average molecular weight is 379 g/mol. The highest BCUT2D eigenvalue weighted by Gasteiger charge is 2.15. The molecule has 6 heteroatoms. The molecule has 0 aromatic heterocycles.